The summed E-state index contributed by atoms with van der Waals surface area (Å²) in [6.45, 7) is 1.98. The zero-order valence-corrected chi connectivity index (χ0v) is 14.0. The van der Waals surface area contributed by atoms with Crippen molar-refractivity contribution < 1.29 is 0 Å². The lowest BCUT2D eigenvalue weighted by Crippen LogP contribution is -2.17. The van der Waals surface area contributed by atoms with Gasteiger partial charge in [0.2, 0.25) is 0 Å². The molecule has 2 aromatic carbocycles. The molecule has 0 aliphatic rings. The highest BCUT2D eigenvalue weighted by atomic mass is 35.5. The predicted molar refractivity (Wildman–Crippen MR) is 89.4 cm³/mol. The van der Waals surface area contributed by atoms with Crippen LogP contribution in [0, 0.1) is 0 Å². The number of halogens is 3. The second kappa shape index (κ2) is 7.06. The van der Waals surface area contributed by atoms with E-state index in [2.05, 4.69) is 6.07 Å². The van der Waals surface area contributed by atoms with Gasteiger partial charge >= 0.3 is 0 Å². The van der Waals surface area contributed by atoms with E-state index in [0.717, 1.165) is 26.8 Å². The van der Waals surface area contributed by atoms with Crippen molar-refractivity contribution in [3.05, 3.63) is 57.0 Å². The molecule has 0 fully saturated rings. The van der Waals surface area contributed by atoms with Gasteiger partial charge in [-0.05, 0) is 49.2 Å². The van der Waals surface area contributed by atoms with Crippen LogP contribution in [0.2, 0.25) is 15.1 Å². The predicted octanol–water partition coefficient (Wildman–Crippen LogP) is 5.69. The standard InChI is InChI=1S/C15H14Cl3NS/c1-9(19)6-10-2-5-15(14(18)7-10)20-11-3-4-12(16)13(17)8-11/h2-5,7-9H,6,19H2,1H3. The fourth-order valence-electron chi connectivity index (χ4n) is 1.79. The Morgan fingerprint density at radius 2 is 1.75 bits per heavy atom. The molecule has 0 amide bonds. The molecule has 0 aromatic heterocycles. The molecule has 2 N–H and O–H groups in total. The van der Waals surface area contributed by atoms with Crippen LogP contribution >= 0.6 is 46.6 Å². The van der Waals surface area contributed by atoms with Gasteiger partial charge in [0.05, 0.1) is 15.1 Å². The van der Waals surface area contributed by atoms with Crippen molar-refractivity contribution >= 4 is 46.6 Å². The monoisotopic (exact) mass is 345 g/mol. The summed E-state index contributed by atoms with van der Waals surface area (Å²) >= 11 is 19.8. The van der Waals surface area contributed by atoms with E-state index in [1.165, 1.54) is 0 Å². The van der Waals surface area contributed by atoms with Gasteiger partial charge in [0.1, 0.15) is 0 Å². The lowest BCUT2D eigenvalue weighted by Gasteiger charge is -2.09. The van der Waals surface area contributed by atoms with Crippen LogP contribution in [0.15, 0.2) is 46.2 Å². The average molecular weight is 347 g/mol. The quantitative estimate of drug-likeness (QED) is 0.769. The summed E-state index contributed by atoms with van der Waals surface area (Å²) in [5.74, 6) is 0. The molecule has 5 heteroatoms. The summed E-state index contributed by atoms with van der Waals surface area (Å²) in [6.07, 6.45) is 0.817. The largest absolute Gasteiger partial charge is 0.328 e. The fourth-order valence-corrected chi connectivity index (χ4v) is 3.33. The first kappa shape index (κ1) is 16.0. The molecule has 0 saturated carbocycles. The smallest absolute Gasteiger partial charge is 0.0603 e. The molecule has 0 aliphatic carbocycles. The number of nitrogens with two attached hydrogens (primary N) is 1. The number of hydrogen-bond donors (Lipinski definition) is 1. The maximum absolute atomic E-state index is 6.31. The number of rotatable bonds is 4. The lowest BCUT2D eigenvalue weighted by molar-refractivity contribution is 0.738. The second-order valence-electron chi connectivity index (χ2n) is 4.62. The Balaban J connectivity index is 2.19. The van der Waals surface area contributed by atoms with Crippen LogP contribution in [0.25, 0.3) is 0 Å². The van der Waals surface area contributed by atoms with Crippen molar-refractivity contribution in [2.24, 2.45) is 5.73 Å². The van der Waals surface area contributed by atoms with Gasteiger partial charge in [-0.15, -0.1) is 0 Å². The maximum Gasteiger partial charge on any atom is 0.0603 e. The molecule has 0 heterocycles. The van der Waals surface area contributed by atoms with Gasteiger partial charge in [-0.25, -0.2) is 0 Å². The van der Waals surface area contributed by atoms with E-state index in [1.807, 2.05) is 31.2 Å². The number of benzene rings is 2. The molecule has 0 aliphatic heterocycles. The Labute approximate surface area is 138 Å². The topological polar surface area (TPSA) is 26.0 Å². The SMILES string of the molecule is CC(N)Cc1ccc(Sc2ccc(Cl)c(Cl)c2)c(Cl)c1. The first-order valence-electron chi connectivity index (χ1n) is 6.12. The molecule has 2 rings (SSSR count). The van der Waals surface area contributed by atoms with Crippen molar-refractivity contribution in [3.63, 3.8) is 0 Å². The first-order chi connectivity index (χ1) is 9.45. The third-order valence-corrected chi connectivity index (χ3v) is 4.90. The van der Waals surface area contributed by atoms with E-state index in [0.29, 0.717) is 10.0 Å². The summed E-state index contributed by atoms with van der Waals surface area (Å²) in [7, 11) is 0. The van der Waals surface area contributed by atoms with E-state index >= 15 is 0 Å². The minimum absolute atomic E-state index is 0.125. The Morgan fingerprint density at radius 3 is 2.35 bits per heavy atom. The van der Waals surface area contributed by atoms with Crippen molar-refractivity contribution in [2.45, 2.75) is 29.2 Å². The highest BCUT2D eigenvalue weighted by Gasteiger charge is 2.07. The number of hydrogen-bond acceptors (Lipinski definition) is 2. The first-order valence-corrected chi connectivity index (χ1v) is 8.07. The van der Waals surface area contributed by atoms with Crippen LogP contribution in [0.3, 0.4) is 0 Å². The Kier molecular flexibility index (Phi) is 5.65. The summed E-state index contributed by atoms with van der Waals surface area (Å²) in [4.78, 5) is 1.99. The van der Waals surface area contributed by atoms with Gasteiger partial charge in [0, 0.05) is 15.8 Å². The van der Waals surface area contributed by atoms with Gasteiger partial charge in [0.25, 0.3) is 0 Å². The summed E-state index contributed by atoms with van der Waals surface area (Å²) in [5.41, 5.74) is 6.93. The van der Waals surface area contributed by atoms with Crippen LogP contribution in [-0.2, 0) is 6.42 Å². The molecule has 0 bridgehead atoms. The second-order valence-corrected chi connectivity index (χ2v) is 6.96. The molecule has 1 atom stereocenters. The zero-order chi connectivity index (χ0) is 14.7. The van der Waals surface area contributed by atoms with Crippen molar-refractivity contribution in [1.29, 1.82) is 0 Å². The van der Waals surface area contributed by atoms with Gasteiger partial charge < -0.3 is 5.73 Å². The molecule has 106 valence electrons. The normalized spacial score (nSPS) is 12.4. The molecule has 2 aromatic rings. The van der Waals surface area contributed by atoms with Gasteiger partial charge in [0.15, 0.2) is 0 Å². The molecular weight excluding hydrogens is 333 g/mol. The van der Waals surface area contributed by atoms with E-state index in [-0.39, 0.29) is 6.04 Å². The average Bonchev–Trinajstić information content (AvgIpc) is 2.36. The van der Waals surface area contributed by atoms with Gasteiger partial charge in [-0.3, -0.25) is 0 Å². The van der Waals surface area contributed by atoms with Crippen molar-refractivity contribution in [3.8, 4) is 0 Å². The van der Waals surface area contributed by atoms with Crippen LogP contribution in [0.4, 0.5) is 0 Å². The molecule has 0 saturated heterocycles. The maximum atomic E-state index is 6.31. The van der Waals surface area contributed by atoms with E-state index in [1.54, 1.807) is 17.8 Å². The molecular formula is C15H14Cl3NS. The molecule has 1 nitrogen and oxygen atoms in total. The molecule has 1 unspecified atom stereocenters. The van der Waals surface area contributed by atoms with E-state index < -0.39 is 0 Å². The lowest BCUT2D eigenvalue weighted by atomic mass is 10.1. The Hall–Kier alpha value is -0.380. The fraction of sp³-hybridized carbons (Fsp3) is 0.200. The van der Waals surface area contributed by atoms with Crippen LogP contribution in [0.1, 0.15) is 12.5 Å². The molecule has 20 heavy (non-hydrogen) atoms. The minimum atomic E-state index is 0.125. The van der Waals surface area contributed by atoms with Crippen molar-refractivity contribution in [1.82, 2.24) is 0 Å². The zero-order valence-electron chi connectivity index (χ0n) is 10.9. The highest BCUT2D eigenvalue weighted by Crippen LogP contribution is 2.36. The van der Waals surface area contributed by atoms with Crippen molar-refractivity contribution in [2.75, 3.05) is 0 Å². The Morgan fingerprint density at radius 1 is 1.00 bits per heavy atom. The third-order valence-electron chi connectivity index (χ3n) is 2.67. The summed E-state index contributed by atoms with van der Waals surface area (Å²) in [5, 5.41) is 1.81. The highest BCUT2D eigenvalue weighted by molar-refractivity contribution is 7.99. The molecule has 0 spiro atoms. The minimum Gasteiger partial charge on any atom is -0.328 e. The van der Waals surface area contributed by atoms with Crippen LogP contribution in [0.5, 0.6) is 0 Å². The van der Waals surface area contributed by atoms with Crippen LogP contribution in [-0.4, -0.2) is 6.04 Å². The summed E-state index contributed by atoms with van der Waals surface area (Å²) < 4.78 is 0. The van der Waals surface area contributed by atoms with E-state index in [9.17, 15) is 0 Å². The Bertz CT molecular complexity index is 614. The van der Waals surface area contributed by atoms with Gasteiger partial charge in [-0.1, -0.05) is 52.6 Å². The van der Waals surface area contributed by atoms with Gasteiger partial charge in [-0.2, -0.15) is 0 Å². The molecule has 0 radical (unpaired) electrons. The third kappa shape index (κ3) is 4.31. The summed E-state index contributed by atoms with van der Waals surface area (Å²) in [6, 6.07) is 11.7. The van der Waals surface area contributed by atoms with E-state index in [4.69, 9.17) is 40.5 Å². The van der Waals surface area contributed by atoms with Crippen LogP contribution < -0.4 is 5.73 Å².